The zero-order valence-corrected chi connectivity index (χ0v) is 32.1. The lowest BCUT2D eigenvalue weighted by Gasteiger charge is -2.35. The minimum Gasteiger partial charge on any atom is -0.208 e. The molecule has 0 saturated carbocycles. The van der Waals surface area contributed by atoms with Gasteiger partial charge in [0.2, 0.25) is 0 Å². The maximum Gasteiger partial charge on any atom is 0.164 e. The molecule has 1 atom stereocenters. The fourth-order valence-corrected chi connectivity index (χ4v) is 10.5. The van der Waals surface area contributed by atoms with Gasteiger partial charge in [-0.05, 0) is 86.0 Å². The van der Waals surface area contributed by atoms with Crippen LogP contribution in [0.5, 0.6) is 0 Å². The molecule has 0 saturated heterocycles. The van der Waals surface area contributed by atoms with Crippen LogP contribution in [0.25, 0.3) is 88.7 Å². The van der Waals surface area contributed by atoms with Crippen molar-refractivity contribution in [1.82, 2.24) is 15.0 Å². The van der Waals surface area contributed by atoms with Gasteiger partial charge < -0.3 is 0 Å². The first-order valence-corrected chi connectivity index (χ1v) is 20.5. The van der Waals surface area contributed by atoms with Crippen molar-refractivity contribution in [2.24, 2.45) is 0 Å². The molecule has 2 heterocycles. The lowest BCUT2D eigenvalue weighted by Crippen LogP contribution is -2.30. The SMILES string of the molecule is C1=Cc2ccc(-c3nc(-c4ccccc4)nc(-c4cccc(-c5ccccc5)c4)n3)cc2C2(c3ccccc31)c1ccccc1-c1cc3c(cc12)sc1ccccc13. The summed E-state index contributed by atoms with van der Waals surface area (Å²) in [6.45, 7) is 0. The van der Waals surface area contributed by atoms with Gasteiger partial charge in [0.1, 0.15) is 0 Å². The van der Waals surface area contributed by atoms with Crippen molar-refractivity contribution in [3.05, 3.63) is 221 Å². The molecule has 2 aliphatic rings. The number of fused-ring (bicyclic) bond motifs is 12. The van der Waals surface area contributed by atoms with Gasteiger partial charge in [-0.25, -0.2) is 15.0 Å². The van der Waals surface area contributed by atoms with Crippen molar-refractivity contribution in [2.75, 3.05) is 0 Å². The highest BCUT2D eigenvalue weighted by Crippen LogP contribution is 2.60. The van der Waals surface area contributed by atoms with Crippen molar-refractivity contribution in [2.45, 2.75) is 5.41 Å². The molecule has 4 heteroatoms. The summed E-state index contributed by atoms with van der Waals surface area (Å²) in [5.74, 6) is 1.92. The minimum absolute atomic E-state index is 0.593. The first-order chi connectivity index (χ1) is 28.7. The molecule has 0 radical (unpaired) electrons. The van der Waals surface area contributed by atoms with Crippen molar-refractivity contribution in [3.8, 4) is 56.4 Å². The normalized spacial score (nSPS) is 14.9. The van der Waals surface area contributed by atoms with Crippen LogP contribution < -0.4 is 0 Å². The van der Waals surface area contributed by atoms with E-state index >= 15 is 0 Å². The van der Waals surface area contributed by atoms with Crippen molar-refractivity contribution < 1.29 is 0 Å². The van der Waals surface area contributed by atoms with E-state index in [1.54, 1.807) is 0 Å². The Hall–Kier alpha value is -7.27. The first kappa shape index (κ1) is 32.9. The first-order valence-electron chi connectivity index (χ1n) is 19.7. The molecule has 1 unspecified atom stereocenters. The molecule has 58 heavy (non-hydrogen) atoms. The van der Waals surface area contributed by atoms with Gasteiger partial charge in [-0.3, -0.25) is 0 Å². The largest absolute Gasteiger partial charge is 0.208 e. The monoisotopic (exact) mass is 755 g/mol. The van der Waals surface area contributed by atoms with Crippen LogP contribution in [-0.2, 0) is 5.41 Å². The van der Waals surface area contributed by atoms with E-state index < -0.39 is 5.41 Å². The second kappa shape index (κ2) is 12.9. The lowest BCUT2D eigenvalue weighted by molar-refractivity contribution is 0.767. The molecular weight excluding hydrogens is 723 g/mol. The molecule has 0 aliphatic heterocycles. The fraction of sp³-hybridized carbons (Fsp3) is 0.0185. The number of hydrogen-bond donors (Lipinski definition) is 0. The van der Waals surface area contributed by atoms with Crippen LogP contribution in [0.1, 0.15) is 33.4 Å². The van der Waals surface area contributed by atoms with Gasteiger partial charge in [-0.15, -0.1) is 11.3 Å². The minimum atomic E-state index is -0.593. The molecule has 2 aromatic heterocycles. The molecule has 0 fully saturated rings. The van der Waals surface area contributed by atoms with E-state index in [9.17, 15) is 0 Å². The summed E-state index contributed by atoms with van der Waals surface area (Å²) in [5, 5.41) is 2.62. The van der Waals surface area contributed by atoms with Crippen LogP contribution in [0.2, 0.25) is 0 Å². The Kier molecular flexibility index (Phi) is 7.31. The van der Waals surface area contributed by atoms with Crippen LogP contribution in [0, 0.1) is 0 Å². The lowest BCUT2D eigenvalue weighted by atomic mass is 9.65. The average molecular weight is 756 g/mol. The molecule has 0 N–H and O–H groups in total. The van der Waals surface area contributed by atoms with Gasteiger partial charge in [-0.2, -0.15) is 0 Å². The smallest absolute Gasteiger partial charge is 0.164 e. The summed E-state index contributed by atoms with van der Waals surface area (Å²) in [5.41, 5.74) is 14.5. The Bertz CT molecular complexity index is 3290. The molecule has 270 valence electrons. The van der Waals surface area contributed by atoms with Gasteiger partial charge >= 0.3 is 0 Å². The van der Waals surface area contributed by atoms with Gasteiger partial charge in [0, 0.05) is 36.9 Å². The summed E-state index contributed by atoms with van der Waals surface area (Å²) in [7, 11) is 0. The highest BCUT2D eigenvalue weighted by atomic mass is 32.1. The van der Waals surface area contributed by atoms with E-state index in [0.717, 1.165) is 27.8 Å². The van der Waals surface area contributed by atoms with E-state index in [-0.39, 0.29) is 0 Å². The van der Waals surface area contributed by atoms with Crippen LogP contribution in [0.15, 0.2) is 188 Å². The number of thiophene rings is 1. The third kappa shape index (κ3) is 4.95. The number of aromatic nitrogens is 3. The highest BCUT2D eigenvalue weighted by Gasteiger charge is 2.49. The molecule has 8 aromatic carbocycles. The molecule has 10 aromatic rings. The summed E-state index contributed by atoms with van der Waals surface area (Å²) in [4.78, 5) is 15.6. The van der Waals surface area contributed by atoms with Crippen LogP contribution in [0.4, 0.5) is 0 Å². The van der Waals surface area contributed by atoms with Gasteiger partial charge in [0.25, 0.3) is 0 Å². The van der Waals surface area contributed by atoms with Crippen LogP contribution >= 0.6 is 11.3 Å². The maximum absolute atomic E-state index is 5.28. The molecule has 1 spiro atoms. The number of hydrogen-bond acceptors (Lipinski definition) is 4. The molecule has 0 amide bonds. The molecule has 3 nitrogen and oxygen atoms in total. The zero-order valence-electron chi connectivity index (χ0n) is 31.3. The van der Waals surface area contributed by atoms with Gasteiger partial charge in [0.15, 0.2) is 17.5 Å². The van der Waals surface area contributed by atoms with E-state index in [2.05, 4.69) is 176 Å². The zero-order chi connectivity index (χ0) is 38.2. The third-order valence-electron chi connectivity index (χ3n) is 12.0. The van der Waals surface area contributed by atoms with Gasteiger partial charge in [-0.1, -0.05) is 170 Å². The Morgan fingerprint density at radius 2 is 0.931 bits per heavy atom. The van der Waals surface area contributed by atoms with Crippen molar-refractivity contribution in [3.63, 3.8) is 0 Å². The fourth-order valence-electron chi connectivity index (χ4n) is 9.37. The summed E-state index contributed by atoms with van der Waals surface area (Å²) >= 11 is 1.88. The Balaban J connectivity index is 1.12. The molecule has 2 aliphatic carbocycles. The third-order valence-corrected chi connectivity index (χ3v) is 13.1. The topological polar surface area (TPSA) is 38.7 Å². The predicted molar refractivity (Wildman–Crippen MR) is 241 cm³/mol. The summed E-state index contributed by atoms with van der Waals surface area (Å²) in [6.07, 6.45) is 4.57. The van der Waals surface area contributed by atoms with E-state index in [1.165, 1.54) is 64.7 Å². The van der Waals surface area contributed by atoms with E-state index in [1.807, 2.05) is 35.6 Å². The standard InChI is InChI=1S/C54H33N3S/c1-3-14-34(15-4-1)38-19-13-20-39(30-38)52-55-51(37-17-5-2-6-18-37)56-53(57-52)40-29-28-36-27-26-35-16-7-10-23-45(35)54(47(36)31-40)46-24-11-8-21-41(46)43-32-44-42-22-9-12-25-49(42)58-50(44)33-48(43)54/h1-33H. The second-order valence-electron chi connectivity index (χ2n) is 15.1. The Morgan fingerprint density at radius 3 is 1.74 bits per heavy atom. The number of rotatable bonds is 4. The molecule has 0 bridgehead atoms. The predicted octanol–water partition coefficient (Wildman–Crippen LogP) is 13.8. The quantitative estimate of drug-likeness (QED) is 0.180. The number of benzene rings is 8. The summed E-state index contributed by atoms with van der Waals surface area (Å²) in [6, 6.07) is 67.7. The second-order valence-corrected chi connectivity index (χ2v) is 16.2. The van der Waals surface area contributed by atoms with Crippen LogP contribution in [-0.4, -0.2) is 15.0 Å². The maximum atomic E-state index is 5.28. The van der Waals surface area contributed by atoms with Crippen molar-refractivity contribution in [1.29, 1.82) is 0 Å². The van der Waals surface area contributed by atoms with E-state index in [4.69, 9.17) is 15.0 Å². The van der Waals surface area contributed by atoms with Gasteiger partial charge in [0.05, 0.1) is 5.41 Å². The van der Waals surface area contributed by atoms with E-state index in [0.29, 0.717) is 17.5 Å². The average Bonchev–Trinajstić information content (AvgIpc) is 3.75. The summed E-state index contributed by atoms with van der Waals surface area (Å²) < 4.78 is 2.61. The Morgan fingerprint density at radius 1 is 0.328 bits per heavy atom. The number of nitrogens with zero attached hydrogens (tertiary/aromatic N) is 3. The van der Waals surface area contributed by atoms with Crippen LogP contribution in [0.3, 0.4) is 0 Å². The highest BCUT2D eigenvalue weighted by molar-refractivity contribution is 7.25. The Labute approximate surface area is 340 Å². The van der Waals surface area contributed by atoms with Crippen molar-refractivity contribution >= 4 is 43.7 Å². The molecular formula is C54H33N3S. The molecule has 12 rings (SSSR count).